The van der Waals surface area contributed by atoms with Crippen molar-refractivity contribution < 1.29 is 18.5 Å². The van der Waals surface area contributed by atoms with Crippen molar-refractivity contribution in [3.05, 3.63) is 0 Å². The summed E-state index contributed by atoms with van der Waals surface area (Å²) in [5.41, 5.74) is 0.163. The van der Waals surface area contributed by atoms with E-state index in [1.165, 1.54) is 0 Å². The van der Waals surface area contributed by atoms with Crippen molar-refractivity contribution in [2.45, 2.75) is 64.1 Å². The lowest BCUT2D eigenvalue weighted by atomic mass is 9.96. The molecule has 1 saturated heterocycles. The van der Waals surface area contributed by atoms with Gasteiger partial charge in [0.15, 0.2) is 6.49 Å². The topological polar surface area (TPSA) is 36.9 Å². The summed E-state index contributed by atoms with van der Waals surface area (Å²) in [7, 11) is 7.45. The van der Waals surface area contributed by atoms with Gasteiger partial charge >= 0.3 is 0 Å². The summed E-state index contributed by atoms with van der Waals surface area (Å²) in [5, 5.41) is 0. The summed E-state index contributed by atoms with van der Waals surface area (Å²) in [4.78, 5) is 0. The number of hydrogen-bond acceptors (Lipinski definition) is 5. The predicted molar refractivity (Wildman–Crippen MR) is 81.4 cm³/mol. The maximum Gasteiger partial charge on any atom is 0.191 e. The fourth-order valence-electron chi connectivity index (χ4n) is 1.86. The van der Waals surface area contributed by atoms with E-state index in [1.807, 2.05) is 27.7 Å². The van der Waals surface area contributed by atoms with Crippen LogP contribution in [0.25, 0.3) is 0 Å². The molecule has 0 aromatic carbocycles. The average molecular weight is 306 g/mol. The largest absolute Gasteiger partial charge is 0.380 e. The van der Waals surface area contributed by atoms with Gasteiger partial charge in [0.25, 0.3) is 0 Å². The van der Waals surface area contributed by atoms with E-state index >= 15 is 0 Å². The molecule has 0 amide bonds. The highest BCUT2D eigenvalue weighted by molar-refractivity contribution is 8.10. The molecule has 0 aromatic rings. The van der Waals surface area contributed by atoms with Crippen molar-refractivity contribution >= 4 is 26.1 Å². The molecule has 4 unspecified atom stereocenters. The molecule has 4 atom stereocenters. The molecule has 19 heavy (non-hydrogen) atoms. The molecule has 0 bridgehead atoms. The molecular weight excluding hydrogens is 282 g/mol. The van der Waals surface area contributed by atoms with E-state index in [0.29, 0.717) is 13.0 Å². The maximum atomic E-state index is 6.04. The molecule has 0 spiro atoms. The van der Waals surface area contributed by atoms with Crippen molar-refractivity contribution in [3.8, 4) is 0 Å². The van der Waals surface area contributed by atoms with Crippen LogP contribution in [0.3, 0.4) is 0 Å². The fraction of sp³-hybridized carbons (Fsp3) is 1.00. The van der Waals surface area contributed by atoms with Gasteiger partial charge < -0.3 is 18.5 Å². The van der Waals surface area contributed by atoms with Gasteiger partial charge in [-0.25, -0.2) is 0 Å². The molecule has 2 radical (unpaired) electrons. The van der Waals surface area contributed by atoms with Crippen LogP contribution in [-0.4, -0.2) is 51.5 Å². The number of ether oxygens (including phenoxy) is 2. The molecule has 0 saturated carbocycles. The number of rotatable bonds is 7. The molecule has 1 fully saturated rings. The van der Waals surface area contributed by atoms with Gasteiger partial charge in [-0.2, -0.15) is 0 Å². The second-order valence-electron chi connectivity index (χ2n) is 5.29. The minimum absolute atomic E-state index is 0.150. The SMILES string of the molecule is [B]C1CC(OP(=S)(OC)C(C)C)C(COC(C)C)O1. The first-order chi connectivity index (χ1) is 8.78. The lowest BCUT2D eigenvalue weighted by Crippen LogP contribution is -2.30. The molecule has 0 aliphatic carbocycles. The Labute approximate surface area is 123 Å². The quantitative estimate of drug-likeness (QED) is 0.533. The van der Waals surface area contributed by atoms with Gasteiger partial charge in [0.2, 0.25) is 0 Å². The summed E-state index contributed by atoms with van der Waals surface area (Å²) in [6.07, 6.45) is 0.452. The Morgan fingerprint density at radius 1 is 1.37 bits per heavy atom. The van der Waals surface area contributed by atoms with E-state index in [2.05, 4.69) is 0 Å². The zero-order chi connectivity index (χ0) is 14.6. The van der Waals surface area contributed by atoms with E-state index in [-0.39, 0.29) is 30.0 Å². The average Bonchev–Trinajstić information content (AvgIpc) is 2.66. The molecule has 7 heteroatoms. The van der Waals surface area contributed by atoms with Crippen LogP contribution in [-0.2, 0) is 30.3 Å². The van der Waals surface area contributed by atoms with Crippen molar-refractivity contribution in [1.82, 2.24) is 0 Å². The lowest BCUT2D eigenvalue weighted by Gasteiger charge is -2.29. The van der Waals surface area contributed by atoms with Gasteiger partial charge in [0, 0.05) is 18.8 Å². The molecule has 1 rings (SSSR count). The van der Waals surface area contributed by atoms with E-state index in [9.17, 15) is 0 Å². The van der Waals surface area contributed by atoms with Crippen LogP contribution in [0.5, 0.6) is 0 Å². The van der Waals surface area contributed by atoms with Crippen molar-refractivity contribution in [3.63, 3.8) is 0 Å². The second-order valence-corrected chi connectivity index (χ2v) is 9.51. The summed E-state index contributed by atoms with van der Waals surface area (Å²) < 4.78 is 22.7. The van der Waals surface area contributed by atoms with Crippen molar-refractivity contribution in [2.75, 3.05) is 13.7 Å². The number of hydrogen-bond donors (Lipinski definition) is 0. The lowest BCUT2D eigenvalue weighted by molar-refractivity contribution is -0.0419. The Morgan fingerprint density at radius 3 is 2.47 bits per heavy atom. The van der Waals surface area contributed by atoms with Gasteiger partial charge in [0.05, 0.1) is 18.8 Å². The Hall–Kier alpha value is 0.555. The minimum atomic E-state index is -2.29. The Bertz CT molecular complexity index is 327. The smallest absolute Gasteiger partial charge is 0.191 e. The summed E-state index contributed by atoms with van der Waals surface area (Å²) >= 11 is 5.52. The van der Waals surface area contributed by atoms with Gasteiger partial charge in [-0.3, -0.25) is 0 Å². The third-order valence-corrected chi connectivity index (χ3v) is 7.30. The monoisotopic (exact) mass is 306 g/mol. The Morgan fingerprint density at radius 2 is 2.00 bits per heavy atom. The zero-order valence-corrected chi connectivity index (χ0v) is 14.1. The molecular formula is C12H24BO4PS. The Balaban J connectivity index is 2.65. The first-order valence-electron chi connectivity index (χ1n) is 6.65. The van der Waals surface area contributed by atoms with Crippen LogP contribution in [0.4, 0.5) is 0 Å². The van der Waals surface area contributed by atoms with Gasteiger partial charge in [-0.05, 0) is 32.1 Å². The fourth-order valence-corrected chi connectivity index (χ4v) is 3.54. The van der Waals surface area contributed by atoms with Crippen molar-refractivity contribution in [1.29, 1.82) is 0 Å². The highest BCUT2D eigenvalue weighted by Crippen LogP contribution is 2.54. The molecule has 0 aromatic heterocycles. The Kier molecular flexibility index (Phi) is 6.98. The van der Waals surface area contributed by atoms with Gasteiger partial charge in [-0.15, -0.1) is 0 Å². The second kappa shape index (κ2) is 7.53. The highest BCUT2D eigenvalue weighted by Gasteiger charge is 2.38. The van der Waals surface area contributed by atoms with Crippen LogP contribution in [0.2, 0.25) is 0 Å². The van der Waals surface area contributed by atoms with Crippen LogP contribution >= 0.6 is 6.49 Å². The molecule has 0 N–H and O–H groups in total. The minimum Gasteiger partial charge on any atom is -0.380 e. The zero-order valence-electron chi connectivity index (χ0n) is 12.4. The molecule has 4 nitrogen and oxygen atoms in total. The predicted octanol–water partition coefficient (Wildman–Crippen LogP) is 2.44. The first kappa shape index (κ1) is 17.6. The van der Waals surface area contributed by atoms with Crippen LogP contribution in [0.1, 0.15) is 34.1 Å². The van der Waals surface area contributed by atoms with Crippen LogP contribution in [0, 0.1) is 0 Å². The van der Waals surface area contributed by atoms with Gasteiger partial charge in [-0.1, -0.05) is 13.8 Å². The highest BCUT2D eigenvalue weighted by atomic mass is 32.5. The summed E-state index contributed by atoms with van der Waals surface area (Å²) in [6.45, 7) is 6.17. The summed E-state index contributed by atoms with van der Waals surface area (Å²) in [6, 6.07) is -0.321. The molecule has 1 aliphatic heterocycles. The van der Waals surface area contributed by atoms with Crippen LogP contribution < -0.4 is 0 Å². The standard InChI is InChI=1S/C12H24BO4PS/c1-8(2)15-7-11-10(6-12(13)16-11)17-18(19,14-5)9(3)4/h8-12H,6-7H2,1-5H3. The van der Waals surface area contributed by atoms with Crippen LogP contribution in [0.15, 0.2) is 0 Å². The first-order valence-corrected chi connectivity index (χ1v) is 9.35. The van der Waals surface area contributed by atoms with E-state index in [4.69, 9.17) is 38.2 Å². The van der Waals surface area contributed by atoms with E-state index in [0.717, 1.165) is 0 Å². The molecule has 1 heterocycles. The van der Waals surface area contributed by atoms with Crippen molar-refractivity contribution in [2.24, 2.45) is 0 Å². The van der Waals surface area contributed by atoms with E-state index in [1.54, 1.807) is 7.11 Å². The maximum absolute atomic E-state index is 6.04. The molecule has 110 valence electrons. The third kappa shape index (κ3) is 5.11. The van der Waals surface area contributed by atoms with E-state index < -0.39 is 6.49 Å². The third-order valence-electron chi connectivity index (χ3n) is 2.99. The normalized spacial score (nSPS) is 31.0. The molecule has 1 aliphatic rings. The summed E-state index contributed by atoms with van der Waals surface area (Å²) in [5.74, 6) is 0. The van der Waals surface area contributed by atoms with Gasteiger partial charge in [0.1, 0.15) is 14.0 Å².